The number of hydrogen-bond donors (Lipinski definition) is 1. The van der Waals surface area contributed by atoms with Crippen molar-refractivity contribution in [1.82, 2.24) is 5.32 Å². The van der Waals surface area contributed by atoms with Crippen LogP contribution in [0.4, 0.5) is 0 Å². The average molecular weight is 220 g/mol. The number of rotatable bonds is 9. The van der Waals surface area contributed by atoms with Gasteiger partial charge in [-0.05, 0) is 12.8 Å². The molecule has 0 aliphatic carbocycles. The Morgan fingerprint density at radius 1 is 1.14 bits per heavy atom. The van der Waals surface area contributed by atoms with E-state index in [2.05, 4.69) is 12.2 Å². The molecule has 0 radical (unpaired) electrons. The van der Waals surface area contributed by atoms with Crippen LogP contribution in [0.1, 0.15) is 51.9 Å². The number of alkyl halides is 1. The number of carbonyl (C=O) groups excluding carboxylic acids is 1. The lowest BCUT2D eigenvalue weighted by atomic mass is 10.1. The molecule has 3 heteroatoms. The van der Waals surface area contributed by atoms with Crippen molar-refractivity contribution in [3.63, 3.8) is 0 Å². The van der Waals surface area contributed by atoms with E-state index in [1.54, 1.807) is 0 Å². The normalized spacial score (nSPS) is 10.1. The maximum Gasteiger partial charge on any atom is 0.220 e. The van der Waals surface area contributed by atoms with Crippen LogP contribution in [0.25, 0.3) is 0 Å². The molecule has 0 heterocycles. The number of amides is 1. The minimum atomic E-state index is 0.140. The monoisotopic (exact) mass is 219 g/mol. The standard InChI is InChI=1S/C11H22ClNO/c1-2-3-4-5-6-10-13-11(14)8-7-9-12/h2-10H2,1H3,(H,13,14). The first kappa shape index (κ1) is 13.8. The summed E-state index contributed by atoms with van der Waals surface area (Å²) in [4.78, 5) is 11.1. The van der Waals surface area contributed by atoms with Crippen molar-refractivity contribution in [3.8, 4) is 0 Å². The molecule has 1 amide bonds. The number of unbranched alkanes of at least 4 members (excludes halogenated alkanes) is 4. The maximum atomic E-state index is 11.1. The molecule has 2 nitrogen and oxygen atoms in total. The molecule has 0 unspecified atom stereocenters. The minimum Gasteiger partial charge on any atom is -0.356 e. The van der Waals surface area contributed by atoms with Crippen LogP contribution in [0.15, 0.2) is 0 Å². The lowest BCUT2D eigenvalue weighted by Crippen LogP contribution is -2.24. The van der Waals surface area contributed by atoms with Crippen LogP contribution in [0.5, 0.6) is 0 Å². The van der Waals surface area contributed by atoms with Gasteiger partial charge in [-0.1, -0.05) is 32.6 Å². The Labute approximate surface area is 92.4 Å². The molecule has 0 bridgehead atoms. The summed E-state index contributed by atoms with van der Waals surface area (Å²) in [5.74, 6) is 0.713. The molecule has 0 rings (SSSR count). The van der Waals surface area contributed by atoms with Gasteiger partial charge in [0.15, 0.2) is 0 Å². The van der Waals surface area contributed by atoms with E-state index in [-0.39, 0.29) is 5.91 Å². The Hall–Kier alpha value is -0.240. The molecule has 84 valence electrons. The Morgan fingerprint density at radius 2 is 1.86 bits per heavy atom. The van der Waals surface area contributed by atoms with Crippen molar-refractivity contribution < 1.29 is 4.79 Å². The highest BCUT2D eigenvalue weighted by atomic mass is 35.5. The lowest BCUT2D eigenvalue weighted by Gasteiger charge is -2.03. The van der Waals surface area contributed by atoms with E-state index in [1.165, 1.54) is 25.7 Å². The Balaban J connectivity index is 3.07. The molecule has 0 fully saturated rings. The minimum absolute atomic E-state index is 0.140. The van der Waals surface area contributed by atoms with Crippen molar-refractivity contribution in [2.75, 3.05) is 12.4 Å². The first-order chi connectivity index (χ1) is 6.81. The predicted octanol–water partition coefficient (Wildman–Crippen LogP) is 3.09. The topological polar surface area (TPSA) is 29.1 Å². The molecule has 0 aliphatic rings. The summed E-state index contributed by atoms with van der Waals surface area (Å²) >= 11 is 5.48. The highest BCUT2D eigenvalue weighted by molar-refractivity contribution is 6.17. The van der Waals surface area contributed by atoms with Gasteiger partial charge in [0.05, 0.1) is 0 Å². The van der Waals surface area contributed by atoms with E-state index in [1.807, 2.05) is 0 Å². The van der Waals surface area contributed by atoms with Crippen LogP contribution in [-0.4, -0.2) is 18.3 Å². The number of nitrogens with one attached hydrogen (secondary N) is 1. The SMILES string of the molecule is CCCCCCCNC(=O)CCCCl. The molecule has 0 saturated heterocycles. The zero-order valence-electron chi connectivity index (χ0n) is 9.15. The second-order valence-corrected chi connectivity index (χ2v) is 3.93. The number of hydrogen-bond acceptors (Lipinski definition) is 1. The number of carbonyl (C=O) groups is 1. The van der Waals surface area contributed by atoms with Crippen LogP contribution in [0.3, 0.4) is 0 Å². The van der Waals surface area contributed by atoms with E-state index in [9.17, 15) is 4.79 Å². The Bertz CT molecular complexity index is 139. The summed E-state index contributed by atoms with van der Waals surface area (Å²) in [6, 6.07) is 0. The van der Waals surface area contributed by atoms with Crippen LogP contribution >= 0.6 is 11.6 Å². The third kappa shape index (κ3) is 9.85. The largest absolute Gasteiger partial charge is 0.356 e. The van der Waals surface area contributed by atoms with Gasteiger partial charge in [0.2, 0.25) is 5.91 Å². The van der Waals surface area contributed by atoms with Crippen LogP contribution < -0.4 is 5.32 Å². The van der Waals surface area contributed by atoms with Gasteiger partial charge in [0.1, 0.15) is 0 Å². The molecule has 0 atom stereocenters. The Kier molecular flexibility index (Phi) is 10.7. The summed E-state index contributed by atoms with van der Waals surface area (Å²) in [7, 11) is 0. The van der Waals surface area contributed by atoms with Crippen LogP contribution in [0.2, 0.25) is 0 Å². The van der Waals surface area contributed by atoms with Gasteiger partial charge in [-0.3, -0.25) is 4.79 Å². The molecule has 0 aromatic heterocycles. The van der Waals surface area contributed by atoms with Crippen LogP contribution in [0, 0.1) is 0 Å². The van der Waals surface area contributed by atoms with E-state index >= 15 is 0 Å². The van der Waals surface area contributed by atoms with Gasteiger partial charge in [-0.15, -0.1) is 11.6 Å². The Morgan fingerprint density at radius 3 is 2.50 bits per heavy atom. The summed E-state index contributed by atoms with van der Waals surface area (Å²) < 4.78 is 0. The zero-order valence-corrected chi connectivity index (χ0v) is 9.91. The van der Waals surface area contributed by atoms with Gasteiger partial charge < -0.3 is 5.32 Å². The summed E-state index contributed by atoms with van der Waals surface area (Å²) in [5, 5.41) is 2.90. The fourth-order valence-corrected chi connectivity index (χ4v) is 1.41. The zero-order chi connectivity index (χ0) is 10.6. The van der Waals surface area contributed by atoms with E-state index in [4.69, 9.17) is 11.6 Å². The second-order valence-electron chi connectivity index (χ2n) is 3.56. The van der Waals surface area contributed by atoms with Gasteiger partial charge in [0, 0.05) is 18.8 Å². The number of halogens is 1. The van der Waals surface area contributed by atoms with Gasteiger partial charge in [-0.25, -0.2) is 0 Å². The molecule has 0 saturated carbocycles. The quantitative estimate of drug-likeness (QED) is 0.469. The third-order valence-electron chi connectivity index (χ3n) is 2.14. The molecular weight excluding hydrogens is 198 g/mol. The smallest absolute Gasteiger partial charge is 0.220 e. The second kappa shape index (κ2) is 10.8. The molecule has 0 aromatic rings. The fourth-order valence-electron chi connectivity index (χ4n) is 1.27. The average Bonchev–Trinajstić information content (AvgIpc) is 2.20. The summed E-state index contributed by atoms with van der Waals surface area (Å²) in [6.07, 6.45) is 7.54. The van der Waals surface area contributed by atoms with Crippen molar-refractivity contribution >= 4 is 17.5 Å². The van der Waals surface area contributed by atoms with Crippen molar-refractivity contribution in [2.45, 2.75) is 51.9 Å². The van der Waals surface area contributed by atoms with E-state index in [0.29, 0.717) is 12.3 Å². The lowest BCUT2D eigenvalue weighted by molar-refractivity contribution is -0.121. The highest BCUT2D eigenvalue weighted by Crippen LogP contribution is 2.01. The van der Waals surface area contributed by atoms with Crippen LogP contribution in [-0.2, 0) is 4.79 Å². The summed E-state index contributed by atoms with van der Waals surface area (Å²) in [5.41, 5.74) is 0. The molecular formula is C11H22ClNO. The van der Waals surface area contributed by atoms with Crippen molar-refractivity contribution in [1.29, 1.82) is 0 Å². The predicted molar refractivity (Wildman–Crippen MR) is 61.7 cm³/mol. The molecule has 1 N–H and O–H groups in total. The van der Waals surface area contributed by atoms with Crippen molar-refractivity contribution in [2.24, 2.45) is 0 Å². The highest BCUT2D eigenvalue weighted by Gasteiger charge is 1.98. The van der Waals surface area contributed by atoms with Gasteiger partial charge >= 0.3 is 0 Å². The van der Waals surface area contributed by atoms with Crippen molar-refractivity contribution in [3.05, 3.63) is 0 Å². The van der Waals surface area contributed by atoms with Gasteiger partial charge in [-0.2, -0.15) is 0 Å². The van der Waals surface area contributed by atoms with E-state index < -0.39 is 0 Å². The molecule has 0 aromatic carbocycles. The summed E-state index contributed by atoms with van der Waals surface area (Å²) in [6.45, 7) is 3.03. The molecule has 0 spiro atoms. The van der Waals surface area contributed by atoms with Gasteiger partial charge in [0.25, 0.3) is 0 Å². The molecule has 0 aliphatic heterocycles. The third-order valence-corrected chi connectivity index (χ3v) is 2.41. The first-order valence-electron chi connectivity index (χ1n) is 5.64. The van der Waals surface area contributed by atoms with E-state index in [0.717, 1.165) is 19.4 Å². The maximum absolute atomic E-state index is 11.1. The molecule has 14 heavy (non-hydrogen) atoms. The fraction of sp³-hybridized carbons (Fsp3) is 0.909. The first-order valence-corrected chi connectivity index (χ1v) is 6.17.